The molecule has 2 aromatic rings. The summed E-state index contributed by atoms with van der Waals surface area (Å²) in [5.41, 5.74) is 1.06. The summed E-state index contributed by atoms with van der Waals surface area (Å²) in [4.78, 5) is 25.4. The van der Waals surface area contributed by atoms with Crippen LogP contribution in [0.15, 0.2) is 36.4 Å². The molecule has 31 heavy (non-hydrogen) atoms. The lowest BCUT2D eigenvalue weighted by Gasteiger charge is -2.36. The third-order valence-electron chi connectivity index (χ3n) is 5.55. The van der Waals surface area contributed by atoms with Crippen molar-refractivity contribution >= 4 is 35.0 Å². The zero-order valence-electron chi connectivity index (χ0n) is 16.1. The first-order valence-electron chi connectivity index (χ1n) is 9.49. The number of piperidine rings is 1. The smallest absolute Gasteiger partial charge is 0.408 e. The molecule has 2 aromatic carbocycles. The molecule has 0 radical (unpaired) electrons. The van der Waals surface area contributed by atoms with E-state index in [-0.39, 0.29) is 6.42 Å². The van der Waals surface area contributed by atoms with Crippen LogP contribution < -0.4 is 15.4 Å². The molecule has 2 heterocycles. The first kappa shape index (κ1) is 21.8. The summed E-state index contributed by atoms with van der Waals surface area (Å²) in [6.07, 6.45) is -4.81. The Kier molecular flexibility index (Phi) is 5.55. The first-order valence-corrected chi connectivity index (χ1v) is 10.2. The normalized spacial score (nSPS) is 25.0. The Morgan fingerprint density at radius 2 is 1.94 bits per heavy atom. The Labute approximate surface area is 185 Å². The van der Waals surface area contributed by atoms with Crippen LogP contribution in [-0.2, 0) is 9.59 Å². The molecule has 1 saturated heterocycles. The number of hydrogen-bond acceptors (Lipinski definition) is 3. The quantitative estimate of drug-likeness (QED) is 0.603. The molecule has 0 bridgehead atoms. The maximum Gasteiger partial charge on any atom is 0.408 e. The van der Waals surface area contributed by atoms with Crippen molar-refractivity contribution in [1.82, 2.24) is 10.6 Å². The lowest BCUT2D eigenvalue weighted by atomic mass is 9.84. The third-order valence-corrected chi connectivity index (χ3v) is 6.12. The highest BCUT2D eigenvalue weighted by Gasteiger charge is 2.50. The van der Waals surface area contributed by atoms with E-state index in [1.54, 1.807) is 36.4 Å². The van der Waals surface area contributed by atoms with Gasteiger partial charge in [0, 0.05) is 21.2 Å². The number of fused-ring (bicyclic) bond motifs is 2. The molecule has 0 spiro atoms. The van der Waals surface area contributed by atoms with Gasteiger partial charge in [0.1, 0.15) is 23.5 Å². The summed E-state index contributed by atoms with van der Waals surface area (Å²) in [5, 5.41) is 5.48. The van der Waals surface area contributed by atoms with Crippen molar-refractivity contribution in [3.05, 3.63) is 57.6 Å². The van der Waals surface area contributed by atoms with E-state index in [4.69, 9.17) is 27.9 Å². The molecule has 5 nitrogen and oxygen atoms in total. The minimum Gasteiger partial charge on any atom is -0.456 e. The van der Waals surface area contributed by atoms with Crippen molar-refractivity contribution in [2.24, 2.45) is 11.8 Å². The Bertz CT molecular complexity index is 1060. The van der Waals surface area contributed by atoms with Crippen LogP contribution in [0.3, 0.4) is 0 Å². The number of halogens is 5. The average Bonchev–Trinajstić information content (AvgIpc) is 2.68. The van der Waals surface area contributed by atoms with Crippen LogP contribution in [0.25, 0.3) is 0 Å². The van der Waals surface area contributed by atoms with Gasteiger partial charge < -0.3 is 15.4 Å². The molecule has 4 atom stereocenters. The summed E-state index contributed by atoms with van der Waals surface area (Å²) in [7, 11) is 0. The van der Waals surface area contributed by atoms with Gasteiger partial charge in [0.15, 0.2) is 0 Å². The minimum absolute atomic E-state index is 0.228. The van der Waals surface area contributed by atoms with Crippen LogP contribution in [0.2, 0.25) is 10.0 Å². The van der Waals surface area contributed by atoms with Gasteiger partial charge in [0.2, 0.25) is 11.8 Å². The highest BCUT2D eigenvalue weighted by molar-refractivity contribution is 6.32. The van der Waals surface area contributed by atoms with Crippen LogP contribution in [0.4, 0.5) is 13.2 Å². The Morgan fingerprint density at radius 1 is 1.19 bits per heavy atom. The molecule has 10 heteroatoms. The van der Waals surface area contributed by atoms with Crippen molar-refractivity contribution in [3.63, 3.8) is 0 Å². The monoisotopic (exact) mass is 472 g/mol. The number of nitrogens with one attached hydrogen (secondary N) is 2. The van der Waals surface area contributed by atoms with Crippen molar-refractivity contribution in [2.75, 3.05) is 0 Å². The molecule has 2 N–H and O–H groups in total. The van der Waals surface area contributed by atoms with Crippen molar-refractivity contribution in [3.8, 4) is 11.5 Å². The van der Waals surface area contributed by atoms with Gasteiger partial charge in [-0.05, 0) is 36.6 Å². The van der Waals surface area contributed by atoms with E-state index in [1.807, 2.05) is 5.32 Å². The van der Waals surface area contributed by atoms with Crippen LogP contribution in [0, 0.1) is 11.8 Å². The highest BCUT2D eigenvalue weighted by atomic mass is 35.5. The molecule has 0 aliphatic carbocycles. The van der Waals surface area contributed by atoms with E-state index in [2.05, 4.69) is 5.32 Å². The van der Waals surface area contributed by atoms with Gasteiger partial charge in [-0.3, -0.25) is 9.59 Å². The standard InChI is InChI=1S/C21H17Cl2F3N2O3/c1-9-7-12(20(30)28-18(9)21(24,25)26)19(29)27-17-11-6-5-10(22)8-15(11)31-14-4-2-3-13(23)16(14)17/h2-6,8-9,12,17-18H,7H2,1H3,(H,27,29)(H,28,30). The zero-order chi connectivity index (χ0) is 22.5. The average molecular weight is 473 g/mol. The molecule has 1 fully saturated rings. The predicted molar refractivity (Wildman–Crippen MR) is 108 cm³/mol. The summed E-state index contributed by atoms with van der Waals surface area (Å²) in [6.45, 7) is 1.36. The van der Waals surface area contributed by atoms with E-state index >= 15 is 0 Å². The second-order valence-corrected chi connectivity index (χ2v) is 8.51. The summed E-state index contributed by atoms with van der Waals surface area (Å²) in [6, 6.07) is 7.12. The van der Waals surface area contributed by atoms with Crippen molar-refractivity contribution in [2.45, 2.75) is 31.6 Å². The zero-order valence-corrected chi connectivity index (χ0v) is 17.6. The second kappa shape index (κ2) is 7.91. The number of amides is 2. The van der Waals surface area contributed by atoms with Gasteiger partial charge in [-0.2, -0.15) is 13.2 Å². The second-order valence-electron chi connectivity index (χ2n) is 7.67. The van der Waals surface area contributed by atoms with Crippen LogP contribution in [0.1, 0.15) is 30.5 Å². The summed E-state index contributed by atoms with van der Waals surface area (Å²) >= 11 is 12.4. The fraction of sp³-hybridized carbons (Fsp3) is 0.333. The van der Waals surface area contributed by atoms with Gasteiger partial charge in [-0.1, -0.05) is 42.3 Å². The number of rotatable bonds is 2. The number of carbonyl (C=O) groups is 2. The third kappa shape index (κ3) is 4.06. The highest BCUT2D eigenvalue weighted by Crippen LogP contribution is 2.46. The van der Waals surface area contributed by atoms with E-state index in [9.17, 15) is 22.8 Å². The molecule has 0 aromatic heterocycles. The topological polar surface area (TPSA) is 67.4 Å². The number of hydrogen-bond donors (Lipinski definition) is 2. The Balaban J connectivity index is 1.64. The van der Waals surface area contributed by atoms with Gasteiger partial charge in [0.25, 0.3) is 0 Å². The number of ether oxygens (including phenoxy) is 1. The van der Waals surface area contributed by atoms with E-state index in [1.165, 1.54) is 6.92 Å². The van der Waals surface area contributed by atoms with E-state index in [0.717, 1.165) is 0 Å². The number of alkyl halides is 3. The van der Waals surface area contributed by atoms with E-state index < -0.39 is 41.9 Å². The molecular formula is C21H17Cl2F3N2O3. The Morgan fingerprint density at radius 3 is 2.65 bits per heavy atom. The fourth-order valence-corrected chi connectivity index (χ4v) is 4.47. The van der Waals surface area contributed by atoms with Crippen LogP contribution in [-0.4, -0.2) is 24.0 Å². The Hall–Kier alpha value is -2.45. The fourth-order valence-electron chi connectivity index (χ4n) is 4.03. The maximum absolute atomic E-state index is 13.1. The SMILES string of the molecule is CC1CC(C(=O)NC2c3ccc(Cl)cc3Oc3cccc(Cl)c32)C(=O)NC1C(F)(F)F. The van der Waals surface area contributed by atoms with Crippen LogP contribution >= 0.6 is 23.2 Å². The molecule has 2 aliphatic rings. The van der Waals surface area contributed by atoms with Gasteiger partial charge >= 0.3 is 6.18 Å². The largest absolute Gasteiger partial charge is 0.456 e. The first-order chi connectivity index (χ1) is 14.6. The molecular weight excluding hydrogens is 456 g/mol. The predicted octanol–water partition coefficient (Wildman–Crippen LogP) is 5.01. The van der Waals surface area contributed by atoms with Gasteiger partial charge in [0.05, 0.1) is 6.04 Å². The molecule has 164 valence electrons. The molecule has 4 rings (SSSR count). The lowest BCUT2D eigenvalue weighted by Crippen LogP contribution is -2.58. The molecule has 2 amide bonds. The molecule has 0 saturated carbocycles. The molecule has 2 aliphatic heterocycles. The summed E-state index contributed by atoms with van der Waals surface area (Å²) < 4.78 is 45.2. The van der Waals surface area contributed by atoms with Gasteiger partial charge in [-0.15, -0.1) is 0 Å². The number of benzene rings is 2. The number of carbonyl (C=O) groups excluding carboxylic acids is 2. The van der Waals surface area contributed by atoms with Crippen molar-refractivity contribution < 1.29 is 27.5 Å². The maximum atomic E-state index is 13.1. The van der Waals surface area contributed by atoms with Gasteiger partial charge in [-0.25, -0.2) is 0 Å². The van der Waals surface area contributed by atoms with E-state index in [0.29, 0.717) is 32.7 Å². The molecule has 4 unspecified atom stereocenters. The summed E-state index contributed by atoms with van der Waals surface area (Å²) in [5.74, 6) is -3.05. The lowest BCUT2D eigenvalue weighted by molar-refractivity contribution is -0.180. The van der Waals surface area contributed by atoms with Crippen molar-refractivity contribution in [1.29, 1.82) is 0 Å². The van der Waals surface area contributed by atoms with Crippen LogP contribution in [0.5, 0.6) is 11.5 Å². The minimum atomic E-state index is -4.58.